The first kappa shape index (κ1) is 14.1. The van der Waals surface area contributed by atoms with Crippen LogP contribution in [0.4, 0.5) is 0 Å². The van der Waals surface area contributed by atoms with Crippen molar-refractivity contribution in [2.24, 2.45) is 0 Å². The van der Waals surface area contributed by atoms with Crippen molar-refractivity contribution in [1.29, 1.82) is 0 Å². The lowest BCUT2D eigenvalue weighted by Crippen LogP contribution is -2.27. The molecule has 0 spiro atoms. The predicted octanol–water partition coefficient (Wildman–Crippen LogP) is 2.90. The van der Waals surface area contributed by atoms with E-state index in [0.29, 0.717) is 6.54 Å². The van der Waals surface area contributed by atoms with Gasteiger partial charge in [-0.25, -0.2) is 0 Å². The van der Waals surface area contributed by atoms with Gasteiger partial charge < -0.3 is 4.74 Å². The number of rotatable bonds is 4. The van der Waals surface area contributed by atoms with Crippen molar-refractivity contribution in [2.75, 3.05) is 26.7 Å². The van der Waals surface area contributed by atoms with E-state index in [4.69, 9.17) is 4.74 Å². The van der Waals surface area contributed by atoms with Crippen molar-refractivity contribution in [3.8, 4) is 5.75 Å². The van der Waals surface area contributed by atoms with Crippen LogP contribution >= 0.6 is 0 Å². The Morgan fingerprint density at radius 3 is 2.42 bits per heavy atom. The lowest BCUT2D eigenvalue weighted by molar-refractivity contribution is 0.0944. The van der Waals surface area contributed by atoms with Gasteiger partial charge in [-0.1, -0.05) is 0 Å². The molecular weight excluding hydrogens is 238 g/mol. The van der Waals surface area contributed by atoms with E-state index in [0.717, 1.165) is 41.1 Å². The summed E-state index contributed by atoms with van der Waals surface area (Å²) >= 11 is 0. The molecule has 0 saturated carbocycles. The second-order valence-corrected chi connectivity index (χ2v) is 5.43. The molecule has 0 N–H and O–H groups in total. The van der Waals surface area contributed by atoms with Gasteiger partial charge in [0.1, 0.15) is 5.75 Å². The fourth-order valence-electron chi connectivity index (χ4n) is 2.89. The summed E-state index contributed by atoms with van der Waals surface area (Å²) in [5.74, 6) is 1.13. The van der Waals surface area contributed by atoms with Crippen LogP contribution in [-0.2, 0) is 0 Å². The van der Waals surface area contributed by atoms with Gasteiger partial charge >= 0.3 is 0 Å². The molecule has 1 fully saturated rings. The molecule has 3 heteroatoms. The highest BCUT2D eigenvalue weighted by Crippen LogP contribution is 2.29. The number of benzene rings is 1. The molecule has 0 unspecified atom stereocenters. The standard InChI is InChI=1S/C16H23NO2/c1-11-9-14(12(2)13(3)16(11)19-4)15(18)10-17-7-5-6-8-17/h9H,5-8,10H2,1-4H3. The predicted molar refractivity (Wildman–Crippen MR) is 77.2 cm³/mol. The Kier molecular flexibility index (Phi) is 4.25. The topological polar surface area (TPSA) is 29.5 Å². The number of Topliss-reactive ketones (excluding diaryl/α,β-unsaturated/α-hetero) is 1. The minimum atomic E-state index is 0.230. The highest BCUT2D eigenvalue weighted by atomic mass is 16.5. The third kappa shape index (κ3) is 2.81. The lowest BCUT2D eigenvalue weighted by atomic mass is 9.96. The second kappa shape index (κ2) is 5.74. The molecule has 2 rings (SSSR count). The Labute approximate surface area is 115 Å². The molecular formula is C16H23NO2. The van der Waals surface area contributed by atoms with Gasteiger partial charge in [-0.05, 0) is 69.5 Å². The van der Waals surface area contributed by atoms with Crippen molar-refractivity contribution in [3.05, 3.63) is 28.3 Å². The Bertz CT molecular complexity index is 488. The number of hydrogen-bond acceptors (Lipinski definition) is 3. The number of aryl methyl sites for hydroxylation is 1. The Morgan fingerprint density at radius 1 is 1.21 bits per heavy atom. The van der Waals surface area contributed by atoms with E-state index in [1.54, 1.807) is 7.11 Å². The third-order valence-electron chi connectivity index (χ3n) is 4.10. The summed E-state index contributed by atoms with van der Waals surface area (Å²) < 4.78 is 5.40. The molecule has 0 aromatic heterocycles. The summed E-state index contributed by atoms with van der Waals surface area (Å²) in [5.41, 5.74) is 4.01. The van der Waals surface area contributed by atoms with E-state index in [-0.39, 0.29) is 5.78 Å². The molecule has 1 saturated heterocycles. The minimum Gasteiger partial charge on any atom is -0.496 e. The molecule has 0 radical (unpaired) electrons. The molecule has 1 heterocycles. The van der Waals surface area contributed by atoms with Crippen LogP contribution in [0.1, 0.15) is 39.9 Å². The molecule has 3 nitrogen and oxygen atoms in total. The largest absolute Gasteiger partial charge is 0.496 e. The van der Waals surface area contributed by atoms with Crippen LogP contribution in [0.15, 0.2) is 6.07 Å². The fourth-order valence-corrected chi connectivity index (χ4v) is 2.89. The number of carbonyl (C=O) groups excluding carboxylic acids is 1. The van der Waals surface area contributed by atoms with Crippen LogP contribution in [0.5, 0.6) is 5.75 Å². The van der Waals surface area contributed by atoms with Gasteiger partial charge in [0.05, 0.1) is 13.7 Å². The number of carbonyl (C=O) groups is 1. The maximum absolute atomic E-state index is 12.4. The average Bonchev–Trinajstić information content (AvgIpc) is 2.87. The van der Waals surface area contributed by atoms with Gasteiger partial charge in [-0.15, -0.1) is 0 Å². The normalized spacial score (nSPS) is 15.8. The van der Waals surface area contributed by atoms with Crippen LogP contribution in [0, 0.1) is 20.8 Å². The molecule has 0 atom stereocenters. The summed E-state index contributed by atoms with van der Waals surface area (Å²) in [5, 5.41) is 0. The van der Waals surface area contributed by atoms with Crippen molar-refractivity contribution in [1.82, 2.24) is 4.90 Å². The molecule has 1 aromatic rings. The van der Waals surface area contributed by atoms with Crippen LogP contribution in [0.25, 0.3) is 0 Å². The van der Waals surface area contributed by atoms with Crippen LogP contribution in [0.2, 0.25) is 0 Å². The highest BCUT2D eigenvalue weighted by Gasteiger charge is 2.20. The second-order valence-electron chi connectivity index (χ2n) is 5.43. The smallest absolute Gasteiger partial charge is 0.177 e. The Hall–Kier alpha value is -1.35. The van der Waals surface area contributed by atoms with E-state index in [1.807, 2.05) is 26.8 Å². The van der Waals surface area contributed by atoms with Crippen LogP contribution in [-0.4, -0.2) is 37.4 Å². The number of likely N-dealkylation sites (tertiary alicyclic amines) is 1. The van der Waals surface area contributed by atoms with E-state index in [1.165, 1.54) is 12.8 Å². The van der Waals surface area contributed by atoms with Gasteiger partial charge in [0.2, 0.25) is 0 Å². The number of methoxy groups -OCH3 is 1. The fraction of sp³-hybridized carbons (Fsp3) is 0.562. The average molecular weight is 261 g/mol. The molecule has 0 aliphatic carbocycles. The van der Waals surface area contributed by atoms with E-state index in [2.05, 4.69) is 4.90 Å². The van der Waals surface area contributed by atoms with Crippen molar-refractivity contribution in [2.45, 2.75) is 33.6 Å². The maximum atomic E-state index is 12.4. The van der Waals surface area contributed by atoms with E-state index in [9.17, 15) is 4.79 Å². The van der Waals surface area contributed by atoms with Crippen molar-refractivity contribution >= 4 is 5.78 Å². The van der Waals surface area contributed by atoms with E-state index < -0.39 is 0 Å². The summed E-state index contributed by atoms with van der Waals surface area (Å²) in [6.07, 6.45) is 2.43. The van der Waals surface area contributed by atoms with Gasteiger partial charge in [0.15, 0.2) is 5.78 Å². The first-order chi connectivity index (χ1) is 9.04. The van der Waals surface area contributed by atoms with Gasteiger partial charge in [-0.3, -0.25) is 9.69 Å². The quantitative estimate of drug-likeness (QED) is 0.781. The third-order valence-corrected chi connectivity index (χ3v) is 4.10. The molecule has 0 amide bonds. The van der Waals surface area contributed by atoms with Gasteiger partial charge in [0, 0.05) is 5.56 Å². The first-order valence-corrected chi connectivity index (χ1v) is 6.95. The summed E-state index contributed by atoms with van der Waals surface area (Å²) in [6.45, 7) is 8.68. The number of ether oxygens (including phenoxy) is 1. The van der Waals surface area contributed by atoms with Gasteiger partial charge in [-0.2, -0.15) is 0 Å². The zero-order valence-electron chi connectivity index (χ0n) is 12.4. The molecule has 0 bridgehead atoms. The first-order valence-electron chi connectivity index (χ1n) is 6.95. The summed E-state index contributed by atoms with van der Waals surface area (Å²) in [7, 11) is 1.68. The van der Waals surface area contributed by atoms with Crippen LogP contribution < -0.4 is 4.74 Å². The molecule has 1 aliphatic rings. The maximum Gasteiger partial charge on any atom is 0.177 e. The Morgan fingerprint density at radius 2 is 1.84 bits per heavy atom. The lowest BCUT2D eigenvalue weighted by Gasteiger charge is -2.18. The molecule has 1 aliphatic heterocycles. The van der Waals surface area contributed by atoms with Crippen molar-refractivity contribution in [3.63, 3.8) is 0 Å². The molecule has 104 valence electrons. The Balaban J connectivity index is 2.26. The molecule has 19 heavy (non-hydrogen) atoms. The minimum absolute atomic E-state index is 0.230. The monoisotopic (exact) mass is 261 g/mol. The van der Waals surface area contributed by atoms with Gasteiger partial charge in [0.25, 0.3) is 0 Å². The highest BCUT2D eigenvalue weighted by molar-refractivity contribution is 5.99. The van der Waals surface area contributed by atoms with Crippen molar-refractivity contribution < 1.29 is 9.53 Å². The number of hydrogen-bond donors (Lipinski definition) is 0. The summed E-state index contributed by atoms with van der Waals surface area (Å²) in [4.78, 5) is 14.7. The zero-order valence-corrected chi connectivity index (χ0v) is 12.4. The SMILES string of the molecule is COc1c(C)cc(C(=O)CN2CCCC2)c(C)c1C. The summed E-state index contributed by atoms with van der Waals surface area (Å²) in [6, 6.07) is 1.97. The van der Waals surface area contributed by atoms with Crippen LogP contribution in [0.3, 0.4) is 0 Å². The van der Waals surface area contributed by atoms with E-state index >= 15 is 0 Å². The molecule has 1 aromatic carbocycles. The number of nitrogens with zero attached hydrogens (tertiary/aromatic N) is 1. The number of ketones is 1. The zero-order chi connectivity index (χ0) is 14.0.